The van der Waals surface area contributed by atoms with Gasteiger partial charge in [-0.1, -0.05) is 36.4 Å². The fraction of sp³-hybridized carbons (Fsp3) is 0.414. The Kier molecular flexibility index (Phi) is 10.6. The molecule has 4 rings (SSSR count). The monoisotopic (exact) mass is 492 g/mol. The lowest BCUT2D eigenvalue weighted by atomic mass is 10.1. The third-order valence-corrected chi connectivity index (χ3v) is 5.84. The summed E-state index contributed by atoms with van der Waals surface area (Å²) >= 11 is 0. The molecule has 2 aromatic rings. The zero-order valence-corrected chi connectivity index (χ0v) is 21.1. The minimum Gasteiger partial charge on any atom is -0.489 e. The summed E-state index contributed by atoms with van der Waals surface area (Å²) in [6, 6.07) is 14.6. The molecular weight excluding hydrogens is 456 g/mol. The first-order valence-corrected chi connectivity index (χ1v) is 12.7. The lowest BCUT2D eigenvalue weighted by Crippen LogP contribution is -2.23. The number of anilines is 1. The van der Waals surface area contributed by atoms with Crippen molar-refractivity contribution < 1.29 is 23.7 Å². The summed E-state index contributed by atoms with van der Waals surface area (Å²) in [7, 11) is 0. The summed E-state index contributed by atoms with van der Waals surface area (Å²) in [5.41, 5.74) is 3.61. The highest BCUT2D eigenvalue weighted by molar-refractivity contribution is 5.77. The molecular formula is C29H36N2O5. The van der Waals surface area contributed by atoms with Crippen molar-refractivity contribution in [2.75, 3.05) is 77.5 Å². The molecule has 0 radical (unpaired) electrons. The van der Waals surface area contributed by atoms with E-state index in [1.807, 2.05) is 12.1 Å². The van der Waals surface area contributed by atoms with Gasteiger partial charge in [0, 0.05) is 17.9 Å². The van der Waals surface area contributed by atoms with Gasteiger partial charge in [0.25, 0.3) is 0 Å². The Hall–Kier alpha value is -2.97. The van der Waals surface area contributed by atoms with Crippen LogP contribution in [0.2, 0.25) is 0 Å². The number of allylic oxidation sites excluding steroid dienone is 2. The summed E-state index contributed by atoms with van der Waals surface area (Å²) in [5.74, 6) is 0.739. The largest absolute Gasteiger partial charge is 0.489 e. The SMILES string of the molecule is CCN1C(=CC=c2ccc3c(c2)OCCOCCOCCOCCOCCN=3)C=Cc2ccccc21. The van der Waals surface area contributed by atoms with E-state index in [1.54, 1.807) is 0 Å². The smallest absolute Gasteiger partial charge is 0.145 e. The van der Waals surface area contributed by atoms with Crippen LogP contribution in [0.4, 0.5) is 5.69 Å². The fourth-order valence-corrected chi connectivity index (χ4v) is 4.04. The van der Waals surface area contributed by atoms with E-state index in [-0.39, 0.29) is 0 Å². The standard InChI is InChI=1S/C29H36N2O5/c1-2-31-26(11-9-25-5-3-4-6-28(25)31)10-7-24-8-12-27-29(23-24)36-22-21-35-20-19-34-18-17-33-16-15-32-14-13-30-27/h3-12,23H,2,13-22H2,1H3. The second kappa shape index (κ2) is 14.6. The lowest BCUT2D eigenvalue weighted by Gasteiger charge is -2.29. The number of hydrogen-bond acceptors (Lipinski definition) is 7. The van der Waals surface area contributed by atoms with Crippen LogP contribution >= 0.6 is 0 Å². The van der Waals surface area contributed by atoms with Gasteiger partial charge in [0.05, 0.1) is 64.8 Å². The van der Waals surface area contributed by atoms with Crippen molar-refractivity contribution in [3.8, 4) is 5.75 Å². The molecule has 0 saturated carbocycles. The van der Waals surface area contributed by atoms with Crippen molar-refractivity contribution in [1.29, 1.82) is 0 Å². The molecule has 0 unspecified atom stereocenters. The topological polar surface area (TPSA) is 61.8 Å². The van der Waals surface area contributed by atoms with E-state index in [9.17, 15) is 0 Å². The van der Waals surface area contributed by atoms with Crippen LogP contribution in [0.3, 0.4) is 0 Å². The molecule has 0 atom stereocenters. The van der Waals surface area contributed by atoms with Crippen molar-refractivity contribution >= 4 is 17.8 Å². The van der Waals surface area contributed by atoms with Gasteiger partial charge in [-0.3, -0.25) is 4.99 Å². The van der Waals surface area contributed by atoms with E-state index in [1.165, 1.54) is 11.3 Å². The maximum Gasteiger partial charge on any atom is 0.145 e. The van der Waals surface area contributed by atoms with E-state index in [4.69, 9.17) is 28.7 Å². The summed E-state index contributed by atoms with van der Waals surface area (Å²) in [6.07, 6.45) is 8.59. The van der Waals surface area contributed by atoms with Crippen LogP contribution in [0.1, 0.15) is 12.5 Å². The Labute approximate surface area is 213 Å². The molecule has 7 nitrogen and oxygen atoms in total. The van der Waals surface area contributed by atoms with E-state index < -0.39 is 0 Å². The highest BCUT2D eigenvalue weighted by Crippen LogP contribution is 2.30. The number of hydrogen-bond donors (Lipinski definition) is 0. The number of ether oxygens (including phenoxy) is 5. The molecule has 2 aliphatic heterocycles. The maximum absolute atomic E-state index is 6.07. The third kappa shape index (κ3) is 7.77. The first-order valence-electron chi connectivity index (χ1n) is 12.7. The van der Waals surface area contributed by atoms with Crippen LogP contribution in [-0.2, 0) is 18.9 Å². The summed E-state index contributed by atoms with van der Waals surface area (Å²) < 4.78 is 28.3. The number of rotatable bonds is 2. The number of nitrogens with zero attached hydrogens (tertiary/aromatic N) is 2. The van der Waals surface area contributed by atoms with Crippen LogP contribution in [0.25, 0.3) is 12.2 Å². The van der Waals surface area contributed by atoms with E-state index in [0.717, 1.165) is 28.6 Å². The first kappa shape index (κ1) is 26.1. The highest BCUT2D eigenvalue weighted by atomic mass is 16.6. The number of fused-ring (bicyclic) bond motifs is 2. The van der Waals surface area contributed by atoms with Crippen LogP contribution in [0.15, 0.2) is 65.3 Å². The van der Waals surface area contributed by atoms with Crippen LogP contribution in [0.5, 0.6) is 5.75 Å². The predicted molar refractivity (Wildman–Crippen MR) is 142 cm³/mol. The second-order valence-corrected chi connectivity index (χ2v) is 8.30. The molecule has 2 aromatic carbocycles. The average Bonchev–Trinajstić information content (AvgIpc) is 2.91. The Morgan fingerprint density at radius 3 is 2.22 bits per heavy atom. The summed E-state index contributed by atoms with van der Waals surface area (Å²) in [4.78, 5) is 7.01. The van der Waals surface area contributed by atoms with Gasteiger partial charge in [0.2, 0.25) is 0 Å². The van der Waals surface area contributed by atoms with Crippen molar-refractivity contribution in [1.82, 2.24) is 0 Å². The van der Waals surface area contributed by atoms with Gasteiger partial charge >= 0.3 is 0 Å². The molecule has 192 valence electrons. The van der Waals surface area contributed by atoms with Crippen molar-refractivity contribution in [3.05, 3.63) is 76.5 Å². The molecule has 2 aliphatic rings. The van der Waals surface area contributed by atoms with Crippen molar-refractivity contribution in [3.63, 3.8) is 0 Å². The molecule has 0 aliphatic carbocycles. The molecule has 0 amide bonds. The van der Waals surface area contributed by atoms with Crippen molar-refractivity contribution in [2.45, 2.75) is 6.92 Å². The zero-order valence-electron chi connectivity index (χ0n) is 21.1. The Morgan fingerprint density at radius 2 is 1.47 bits per heavy atom. The Balaban J connectivity index is 1.51. The van der Waals surface area contributed by atoms with Gasteiger partial charge in [0.15, 0.2) is 0 Å². The van der Waals surface area contributed by atoms with Gasteiger partial charge < -0.3 is 28.6 Å². The molecule has 0 aromatic heterocycles. The molecule has 0 bridgehead atoms. The minimum absolute atomic E-state index is 0.440. The Bertz CT molecular complexity index is 1140. The molecule has 36 heavy (non-hydrogen) atoms. The fourth-order valence-electron chi connectivity index (χ4n) is 4.04. The number of benzene rings is 2. The van der Waals surface area contributed by atoms with Gasteiger partial charge in [-0.25, -0.2) is 0 Å². The van der Waals surface area contributed by atoms with Gasteiger partial charge in [-0.2, -0.15) is 0 Å². The van der Waals surface area contributed by atoms with E-state index in [0.29, 0.717) is 66.0 Å². The molecule has 2 heterocycles. The number of likely N-dealkylation sites (N-methyl/N-ethyl adjacent to an activating group) is 1. The highest BCUT2D eigenvalue weighted by Gasteiger charge is 2.14. The average molecular weight is 493 g/mol. The maximum atomic E-state index is 6.07. The predicted octanol–water partition coefficient (Wildman–Crippen LogP) is 2.98. The normalized spacial score (nSPS) is 20.0. The molecule has 0 fully saturated rings. The van der Waals surface area contributed by atoms with E-state index >= 15 is 0 Å². The lowest BCUT2D eigenvalue weighted by molar-refractivity contribution is -0.00421. The summed E-state index contributed by atoms with van der Waals surface area (Å²) in [5, 5.41) is 1.86. The minimum atomic E-state index is 0.440. The molecule has 0 saturated heterocycles. The molecule has 0 N–H and O–H groups in total. The quantitative estimate of drug-likeness (QED) is 0.643. The van der Waals surface area contributed by atoms with Crippen LogP contribution < -0.4 is 20.2 Å². The molecule has 7 heteroatoms. The van der Waals surface area contributed by atoms with Gasteiger partial charge in [-0.05, 0) is 48.1 Å². The van der Waals surface area contributed by atoms with Crippen molar-refractivity contribution in [2.24, 2.45) is 4.99 Å². The molecule has 0 spiro atoms. The van der Waals surface area contributed by atoms with Gasteiger partial charge in [-0.15, -0.1) is 0 Å². The second-order valence-electron chi connectivity index (χ2n) is 8.30. The Morgan fingerprint density at radius 1 is 0.778 bits per heavy atom. The van der Waals surface area contributed by atoms with E-state index in [2.05, 4.69) is 66.5 Å². The van der Waals surface area contributed by atoms with Crippen LogP contribution in [0, 0.1) is 0 Å². The van der Waals surface area contributed by atoms with Gasteiger partial charge in [0.1, 0.15) is 12.4 Å². The third-order valence-electron chi connectivity index (χ3n) is 5.84. The summed E-state index contributed by atoms with van der Waals surface area (Å²) in [6.45, 7) is 8.32. The number of para-hydroxylation sites is 1. The first-order chi connectivity index (χ1) is 17.8. The zero-order chi connectivity index (χ0) is 24.8. The van der Waals surface area contributed by atoms with Crippen LogP contribution in [-0.4, -0.2) is 72.6 Å².